The van der Waals surface area contributed by atoms with Crippen molar-refractivity contribution in [2.24, 2.45) is 5.41 Å². The summed E-state index contributed by atoms with van der Waals surface area (Å²) in [5.41, 5.74) is 4.39. The van der Waals surface area contributed by atoms with Crippen molar-refractivity contribution in [2.75, 3.05) is 39.7 Å². The number of benzene rings is 4. The highest BCUT2D eigenvalue weighted by Crippen LogP contribution is 2.50. The summed E-state index contributed by atoms with van der Waals surface area (Å²) in [6, 6.07) is 8.90. The van der Waals surface area contributed by atoms with Crippen LogP contribution >= 0.6 is 23.2 Å². The van der Waals surface area contributed by atoms with E-state index in [1.54, 1.807) is 11.0 Å². The summed E-state index contributed by atoms with van der Waals surface area (Å²) in [5, 5.41) is 1.24. The minimum Gasteiger partial charge on any atom is -0.299 e. The van der Waals surface area contributed by atoms with Crippen LogP contribution in [0.1, 0.15) is 143 Å². The molecule has 2 heterocycles. The number of halogens is 2. The van der Waals surface area contributed by atoms with Crippen molar-refractivity contribution in [2.45, 2.75) is 97.7 Å². The average Bonchev–Trinajstić information content (AvgIpc) is 3.75. The van der Waals surface area contributed by atoms with Gasteiger partial charge in [0.05, 0.1) is 13.7 Å². The van der Waals surface area contributed by atoms with Crippen molar-refractivity contribution in [3.05, 3.63) is 140 Å². The molecule has 4 aromatic carbocycles. The van der Waals surface area contributed by atoms with Gasteiger partial charge in [-0.2, -0.15) is 0 Å². The predicted octanol–water partition coefficient (Wildman–Crippen LogP) is 12.3. The molecule has 0 N–H and O–H groups in total. The first-order valence-electron chi connectivity index (χ1n) is 23.8. The predicted molar refractivity (Wildman–Crippen MR) is 221 cm³/mol. The van der Waals surface area contributed by atoms with Gasteiger partial charge in [0.15, 0.2) is 0 Å². The zero-order valence-electron chi connectivity index (χ0n) is 41.7. The molecule has 51 heavy (non-hydrogen) atoms. The fourth-order valence-electron chi connectivity index (χ4n) is 8.56. The third kappa shape index (κ3) is 8.45. The molecule has 0 aromatic heterocycles. The molecular weight excluding hydrogens is 665 g/mol. The van der Waals surface area contributed by atoms with Crippen LogP contribution < -0.4 is 0 Å². The molecule has 0 unspecified atom stereocenters. The van der Waals surface area contributed by atoms with Crippen LogP contribution in [0, 0.1) is 5.41 Å². The highest BCUT2D eigenvalue weighted by Gasteiger charge is 2.41. The van der Waals surface area contributed by atoms with Gasteiger partial charge in [-0.3, -0.25) is 14.7 Å². The molecular formula is C46H61Cl2N3. The summed E-state index contributed by atoms with van der Waals surface area (Å²) in [5.74, 6) is -0.606. The lowest BCUT2D eigenvalue weighted by atomic mass is 9.83. The Labute approximate surface area is 338 Å². The van der Waals surface area contributed by atoms with E-state index in [1.165, 1.54) is 6.42 Å². The number of likely N-dealkylation sites (tertiary alicyclic amines) is 1. The number of piperazine rings is 1. The highest BCUT2D eigenvalue weighted by atomic mass is 35.5. The SMILES string of the molecule is C.C.[2H]c1c([2H])c([2H])c([C@@H]2C[C@@H](N3CCCC(C)(C)C3)c3cc(Cl)ccc32)c([2H])c1[2H].[2H]c1c([2H])c([2H])c([C@@H]2C[C@@H](N3CCN(C([2H])([2H])[2H])C(C)(C)C3)c3cc(Cl)ccc32)c([2H])c1[2H]. The molecule has 2 fully saturated rings. The quantitative estimate of drug-likeness (QED) is 0.206. The van der Waals surface area contributed by atoms with Crippen molar-refractivity contribution < 1.29 is 17.8 Å². The molecule has 0 spiro atoms. The Hall–Kier alpha value is -2.66. The molecule has 4 aromatic rings. The number of hydrogen-bond donors (Lipinski definition) is 0. The molecule has 4 aliphatic rings. The fraction of sp³-hybridized carbons (Fsp3) is 0.478. The van der Waals surface area contributed by atoms with Crippen LogP contribution in [0.3, 0.4) is 0 Å². The number of fused-ring (bicyclic) bond motifs is 2. The second kappa shape index (κ2) is 16.1. The van der Waals surface area contributed by atoms with Crippen molar-refractivity contribution in [1.82, 2.24) is 14.7 Å². The van der Waals surface area contributed by atoms with Crippen LogP contribution in [0.15, 0.2) is 96.8 Å². The zero-order valence-corrected chi connectivity index (χ0v) is 30.2. The van der Waals surface area contributed by atoms with E-state index in [2.05, 4.69) is 23.6 Å². The third-order valence-corrected chi connectivity index (χ3v) is 11.4. The third-order valence-electron chi connectivity index (χ3n) is 11.0. The number of rotatable bonds is 4. The maximum atomic E-state index is 8.47. The molecule has 0 radical (unpaired) electrons. The minimum atomic E-state index is -2.18. The Morgan fingerprint density at radius 3 is 1.59 bits per heavy atom. The van der Waals surface area contributed by atoms with Crippen LogP contribution in [0.2, 0.25) is 10.0 Å². The van der Waals surface area contributed by atoms with E-state index >= 15 is 0 Å². The molecule has 3 nitrogen and oxygen atoms in total. The Bertz CT molecular complexity index is 2350. The number of likely N-dealkylation sites (N-methyl/N-ethyl adjacent to an activating group) is 1. The van der Waals surface area contributed by atoms with E-state index in [4.69, 9.17) is 41.0 Å². The summed E-state index contributed by atoms with van der Waals surface area (Å²) in [6.45, 7) is 9.70. The van der Waals surface area contributed by atoms with Crippen LogP contribution in [0.4, 0.5) is 0 Å². The van der Waals surface area contributed by atoms with Gasteiger partial charge in [0.2, 0.25) is 0 Å². The van der Waals surface area contributed by atoms with Gasteiger partial charge in [0.25, 0.3) is 0 Å². The Balaban J connectivity index is 0.000000235. The summed E-state index contributed by atoms with van der Waals surface area (Å²) >= 11 is 12.7. The van der Waals surface area contributed by atoms with Crippen molar-refractivity contribution in [3.8, 4) is 0 Å². The normalized spacial score (nSPS) is 29.3. The van der Waals surface area contributed by atoms with Gasteiger partial charge in [-0.1, -0.05) is 124 Å². The first-order chi connectivity index (χ1) is 28.8. The molecule has 4 atom stereocenters. The second-order valence-corrected chi connectivity index (χ2v) is 16.3. The molecule has 0 bridgehead atoms. The van der Waals surface area contributed by atoms with Gasteiger partial charge >= 0.3 is 0 Å². The zero-order chi connectivity index (χ0) is 45.5. The smallest absolute Gasteiger partial charge is 0.0626 e. The van der Waals surface area contributed by atoms with E-state index < -0.39 is 18.6 Å². The van der Waals surface area contributed by atoms with Crippen molar-refractivity contribution in [1.29, 1.82) is 0 Å². The maximum absolute atomic E-state index is 8.47. The van der Waals surface area contributed by atoms with Crippen molar-refractivity contribution in [3.63, 3.8) is 0 Å². The Kier molecular flexibility index (Phi) is 8.04. The van der Waals surface area contributed by atoms with E-state index in [9.17, 15) is 0 Å². The fourth-order valence-corrected chi connectivity index (χ4v) is 8.92. The standard InChI is InChI=1S/C22H27ClN2.C22H26ClN.2CH4/c1-22(2)15-25(12-11-24(22)3)21-14-19(16-7-5-4-6-8-16)18-10-9-17(23)13-20(18)21;1-22(2)11-6-12-24(15-22)21-14-19(16-7-4-3-5-8-16)18-10-9-17(23)13-20(18)21;;/h4-10,13,19,21H,11-12,14-15H2,1-3H3;3-5,7-10,13,19,21H,6,11-12,14-15H2,1-2H3;2*1H4/t2*19-,21+;;/m00../s1/i3D3,4D,5D,6D,7D,8D;3D,4D,5D,7D,8D;;. The molecule has 2 aliphatic heterocycles. The van der Waals surface area contributed by atoms with Crippen LogP contribution in [-0.2, 0) is 0 Å². The average molecular weight is 740 g/mol. The summed E-state index contributed by atoms with van der Waals surface area (Å²) < 4.78 is 106. The van der Waals surface area contributed by atoms with Gasteiger partial charge in [0.1, 0.15) is 0 Å². The lowest BCUT2D eigenvalue weighted by molar-refractivity contribution is 0.0158. The monoisotopic (exact) mass is 739 g/mol. The van der Waals surface area contributed by atoms with Gasteiger partial charge in [0, 0.05) is 69.8 Å². The van der Waals surface area contributed by atoms with Gasteiger partial charge in [-0.15, -0.1) is 0 Å². The van der Waals surface area contributed by atoms with Crippen LogP contribution in [-0.4, -0.2) is 59.9 Å². The minimum absolute atomic E-state index is 0. The number of piperidine rings is 1. The Morgan fingerprint density at radius 2 is 1.14 bits per heavy atom. The van der Waals surface area contributed by atoms with Gasteiger partial charge in [-0.25, -0.2) is 0 Å². The van der Waals surface area contributed by atoms with Gasteiger partial charge < -0.3 is 0 Å². The number of nitrogens with zero attached hydrogens (tertiary/aromatic N) is 3. The summed E-state index contributed by atoms with van der Waals surface area (Å²) in [6.07, 6.45) is 3.58. The lowest BCUT2D eigenvalue weighted by Crippen LogP contribution is -2.58. The van der Waals surface area contributed by atoms with E-state index in [-0.39, 0.29) is 98.6 Å². The Morgan fingerprint density at radius 1 is 0.647 bits per heavy atom. The summed E-state index contributed by atoms with van der Waals surface area (Å²) in [7, 11) is 0. The molecule has 0 amide bonds. The van der Waals surface area contributed by atoms with Crippen molar-refractivity contribution >= 4 is 23.2 Å². The van der Waals surface area contributed by atoms with Crippen LogP contribution in [0.25, 0.3) is 0 Å². The maximum Gasteiger partial charge on any atom is 0.0626 e. The highest BCUT2D eigenvalue weighted by molar-refractivity contribution is 6.31. The van der Waals surface area contributed by atoms with E-state index in [0.29, 0.717) is 53.6 Å². The lowest BCUT2D eigenvalue weighted by Gasteiger charge is -2.47. The summed E-state index contributed by atoms with van der Waals surface area (Å²) in [4.78, 5) is 6.29. The topological polar surface area (TPSA) is 9.72 Å². The molecule has 2 saturated heterocycles. The first-order valence-corrected chi connectivity index (χ1v) is 18.1. The van der Waals surface area contributed by atoms with Gasteiger partial charge in [-0.05, 0) is 116 Å². The largest absolute Gasteiger partial charge is 0.299 e. The molecule has 0 saturated carbocycles. The molecule has 274 valence electrons. The molecule has 2 aliphatic carbocycles. The van der Waals surface area contributed by atoms with Crippen LogP contribution in [0.5, 0.6) is 0 Å². The van der Waals surface area contributed by atoms with E-state index in [1.807, 2.05) is 44.2 Å². The number of hydrogen-bond acceptors (Lipinski definition) is 3. The van der Waals surface area contributed by atoms with E-state index in [0.717, 1.165) is 41.8 Å². The second-order valence-electron chi connectivity index (χ2n) is 15.4. The molecule has 8 rings (SSSR count). The first kappa shape index (κ1) is 25.4. The molecule has 5 heteroatoms.